The number of hydrogen-bond donors (Lipinski definition) is 0. The van der Waals surface area contributed by atoms with Gasteiger partial charge in [-0.1, -0.05) is 85.3 Å². The molecular formula is C36H34N4O3S2. The molecule has 1 unspecified atom stereocenters. The van der Waals surface area contributed by atoms with Crippen LogP contribution in [0.2, 0.25) is 0 Å². The maximum Gasteiger partial charge on any atom is 0.338 e. The zero-order valence-corrected chi connectivity index (χ0v) is 27.5. The molecule has 6 rings (SSSR count). The van der Waals surface area contributed by atoms with Crippen molar-refractivity contribution in [3.63, 3.8) is 0 Å². The Morgan fingerprint density at radius 3 is 2.40 bits per heavy atom. The van der Waals surface area contributed by atoms with E-state index >= 15 is 0 Å². The van der Waals surface area contributed by atoms with Crippen molar-refractivity contribution in [2.75, 3.05) is 12.9 Å². The quantitative estimate of drug-likeness (QED) is 0.148. The number of benzene rings is 3. The van der Waals surface area contributed by atoms with Crippen molar-refractivity contribution in [1.29, 1.82) is 0 Å². The van der Waals surface area contributed by atoms with Gasteiger partial charge >= 0.3 is 5.97 Å². The van der Waals surface area contributed by atoms with Crippen LogP contribution in [0, 0.1) is 12.8 Å². The molecule has 45 heavy (non-hydrogen) atoms. The van der Waals surface area contributed by atoms with E-state index in [1.807, 2.05) is 118 Å². The molecule has 5 aromatic rings. The first-order valence-electron chi connectivity index (χ1n) is 14.8. The number of ether oxygens (including phenoxy) is 1. The Labute approximate surface area is 270 Å². The minimum Gasteiger partial charge on any atom is -0.462 e. The van der Waals surface area contributed by atoms with E-state index in [9.17, 15) is 9.59 Å². The minimum atomic E-state index is -0.664. The zero-order valence-electron chi connectivity index (χ0n) is 25.9. The first-order chi connectivity index (χ1) is 21.7. The molecule has 0 amide bonds. The van der Waals surface area contributed by atoms with Crippen LogP contribution in [0.1, 0.15) is 43.5 Å². The topological polar surface area (TPSA) is 78.5 Å². The van der Waals surface area contributed by atoms with E-state index in [0.717, 1.165) is 38.5 Å². The minimum absolute atomic E-state index is 0.176. The maximum atomic E-state index is 14.3. The SMILES string of the molecule is CSc1ccc(C2C(C(=O)OCC(C)C)=C(C)N=c3sc(=Cc4cn(-c5ccccc5)nc4-c4ccc(C)cc4)c(=O)n32)cc1. The molecule has 1 atom stereocenters. The molecule has 9 heteroatoms. The number of esters is 1. The third-order valence-corrected chi connectivity index (χ3v) is 9.32. The van der Waals surface area contributed by atoms with Crippen LogP contribution in [0.5, 0.6) is 0 Å². The van der Waals surface area contributed by atoms with Crippen LogP contribution in [0.15, 0.2) is 111 Å². The lowest BCUT2D eigenvalue weighted by atomic mass is 9.96. The van der Waals surface area contributed by atoms with E-state index < -0.39 is 12.0 Å². The van der Waals surface area contributed by atoms with E-state index in [1.54, 1.807) is 16.3 Å². The van der Waals surface area contributed by atoms with Gasteiger partial charge < -0.3 is 4.74 Å². The van der Waals surface area contributed by atoms with Crippen LogP contribution in [0.3, 0.4) is 0 Å². The number of aryl methyl sites for hydroxylation is 1. The predicted molar refractivity (Wildman–Crippen MR) is 182 cm³/mol. The Morgan fingerprint density at radius 2 is 1.73 bits per heavy atom. The molecule has 0 fully saturated rings. The summed E-state index contributed by atoms with van der Waals surface area (Å²) in [6.45, 7) is 8.13. The highest BCUT2D eigenvalue weighted by Crippen LogP contribution is 2.32. The van der Waals surface area contributed by atoms with Crippen molar-refractivity contribution in [2.45, 2.75) is 38.6 Å². The molecule has 1 aliphatic rings. The molecule has 0 saturated carbocycles. The van der Waals surface area contributed by atoms with E-state index in [4.69, 9.17) is 14.8 Å². The van der Waals surface area contributed by atoms with E-state index in [-0.39, 0.29) is 18.1 Å². The second-order valence-electron chi connectivity index (χ2n) is 11.4. The monoisotopic (exact) mass is 634 g/mol. The molecule has 0 bridgehead atoms. The van der Waals surface area contributed by atoms with Gasteiger partial charge in [0.25, 0.3) is 5.56 Å². The zero-order chi connectivity index (χ0) is 31.7. The Kier molecular flexibility index (Phi) is 8.74. The Balaban J connectivity index is 1.53. The highest BCUT2D eigenvalue weighted by atomic mass is 32.2. The van der Waals surface area contributed by atoms with Crippen molar-refractivity contribution >= 4 is 35.1 Å². The number of rotatable bonds is 8. The molecule has 0 aliphatic carbocycles. The summed E-state index contributed by atoms with van der Waals surface area (Å²) in [5, 5.41) is 4.94. The summed E-state index contributed by atoms with van der Waals surface area (Å²) in [6.07, 6.45) is 5.85. The highest BCUT2D eigenvalue weighted by Gasteiger charge is 2.33. The normalized spacial score (nSPS) is 14.9. The Hall–Kier alpha value is -4.47. The lowest BCUT2D eigenvalue weighted by Crippen LogP contribution is -2.40. The van der Waals surface area contributed by atoms with Crippen LogP contribution in [0.4, 0.5) is 0 Å². The van der Waals surface area contributed by atoms with Gasteiger partial charge in [0.1, 0.15) is 0 Å². The fourth-order valence-corrected chi connectivity index (χ4v) is 6.73. The van der Waals surface area contributed by atoms with Gasteiger partial charge in [0.15, 0.2) is 4.80 Å². The van der Waals surface area contributed by atoms with Gasteiger partial charge in [-0.25, -0.2) is 14.5 Å². The Bertz CT molecular complexity index is 2070. The van der Waals surface area contributed by atoms with Gasteiger partial charge in [0.2, 0.25) is 0 Å². The standard InChI is InChI=1S/C36H34N4O3S2/c1-22(2)21-43-35(42)31-24(4)37-36-40(33(31)26-15-17-29(44-5)18-16-26)34(41)30(45-36)19-27-20-39(28-9-7-6-8-10-28)38-32(27)25-13-11-23(3)12-14-25/h6-20,22,33H,21H2,1-5H3. The number of thiazole rings is 1. The number of thioether (sulfide) groups is 1. The van der Waals surface area contributed by atoms with Crippen LogP contribution in [-0.2, 0) is 9.53 Å². The summed E-state index contributed by atoms with van der Waals surface area (Å²) in [5.74, 6) is -0.279. The molecule has 0 saturated heterocycles. The van der Waals surface area contributed by atoms with Crippen molar-refractivity contribution < 1.29 is 9.53 Å². The number of para-hydroxylation sites is 1. The maximum absolute atomic E-state index is 14.3. The summed E-state index contributed by atoms with van der Waals surface area (Å²) in [6, 6.07) is 25.4. The van der Waals surface area contributed by atoms with Crippen LogP contribution in [0.25, 0.3) is 23.0 Å². The number of allylic oxidation sites excluding steroid dienone is 1. The van der Waals surface area contributed by atoms with Gasteiger partial charge in [0.05, 0.1) is 39.8 Å². The van der Waals surface area contributed by atoms with E-state index in [0.29, 0.717) is 20.6 Å². The van der Waals surface area contributed by atoms with Crippen LogP contribution < -0.4 is 14.9 Å². The molecule has 2 aromatic heterocycles. The number of hydrogen-bond acceptors (Lipinski definition) is 7. The fourth-order valence-electron chi connectivity index (χ4n) is 5.29. The van der Waals surface area contributed by atoms with Crippen LogP contribution in [-0.4, -0.2) is 33.2 Å². The summed E-state index contributed by atoms with van der Waals surface area (Å²) in [5.41, 5.74) is 6.12. The molecule has 0 spiro atoms. The molecule has 0 radical (unpaired) electrons. The molecular weight excluding hydrogens is 601 g/mol. The van der Waals surface area contributed by atoms with Gasteiger partial charge in [-0.05, 0) is 61.9 Å². The van der Waals surface area contributed by atoms with Crippen molar-refractivity contribution in [3.8, 4) is 16.9 Å². The number of aromatic nitrogens is 3. The largest absolute Gasteiger partial charge is 0.462 e. The summed E-state index contributed by atoms with van der Waals surface area (Å²) >= 11 is 2.95. The lowest BCUT2D eigenvalue weighted by molar-refractivity contribution is -0.140. The second-order valence-corrected chi connectivity index (χ2v) is 13.3. The molecule has 3 heterocycles. The summed E-state index contributed by atoms with van der Waals surface area (Å²) in [4.78, 5) is 34.2. The highest BCUT2D eigenvalue weighted by molar-refractivity contribution is 7.98. The molecule has 0 N–H and O–H groups in total. The van der Waals surface area contributed by atoms with Crippen molar-refractivity contribution in [1.82, 2.24) is 14.3 Å². The average molecular weight is 635 g/mol. The van der Waals surface area contributed by atoms with Gasteiger partial charge in [0, 0.05) is 22.2 Å². The third kappa shape index (κ3) is 6.23. The predicted octanol–water partition coefficient (Wildman–Crippen LogP) is 6.32. The lowest BCUT2D eigenvalue weighted by Gasteiger charge is -2.25. The average Bonchev–Trinajstić information content (AvgIpc) is 3.60. The number of nitrogens with zero attached hydrogens (tertiary/aromatic N) is 4. The van der Waals surface area contributed by atoms with Gasteiger partial charge in [-0.15, -0.1) is 11.8 Å². The molecule has 228 valence electrons. The van der Waals surface area contributed by atoms with Gasteiger partial charge in [-0.2, -0.15) is 5.10 Å². The van der Waals surface area contributed by atoms with Gasteiger partial charge in [-0.3, -0.25) is 9.36 Å². The van der Waals surface area contributed by atoms with Crippen molar-refractivity contribution in [3.05, 3.63) is 133 Å². The molecule has 1 aliphatic heterocycles. The fraction of sp³-hybridized carbons (Fsp3) is 0.222. The summed E-state index contributed by atoms with van der Waals surface area (Å²) < 4.78 is 9.67. The number of carbonyl (C=O) groups excluding carboxylic acids is 1. The molecule has 7 nitrogen and oxygen atoms in total. The summed E-state index contributed by atoms with van der Waals surface area (Å²) in [7, 11) is 0. The Morgan fingerprint density at radius 1 is 1.02 bits per heavy atom. The smallest absolute Gasteiger partial charge is 0.338 e. The first-order valence-corrected chi connectivity index (χ1v) is 16.8. The van der Waals surface area contributed by atoms with Crippen molar-refractivity contribution in [2.24, 2.45) is 10.9 Å². The van der Waals surface area contributed by atoms with Crippen LogP contribution >= 0.6 is 23.1 Å². The van der Waals surface area contributed by atoms with E-state index in [1.165, 1.54) is 11.3 Å². The van der Waals surface area contributed by atoms with E-state index in [2.05, 4.69) is 12.1 Å². The second kappa shape index (κ2) is 12.9. The number of fused-ring (bicyclic) bond motifs is 1. The third-order valence-electron chi connectivity index (χ3n) is 7.60. The number of carbonyl (C=O) groups is 1. The molecule has 3 aromatic carbocycles. The first kappa shape index (κ1) is 30.6.